The van der Waals surface area contributed by atoms with Gasteiger partial charge in [-0.15, -0.1) is 0 Å². The van der Waals surface area contributed by atoms with Crippen molar-refractivity contribution in [2.24, 2.45) is 5.92 Å². The minimum Gasteiger partial charge on any atom is -0.388 e. The maximum Gasteiger partial charge on any atom is 0.397 e. The number of hydrogen-bond donors (Lipinski definition) is 1. The Hall–Kier alpha value is -0.770. The van der Waals surface area contributed by atoms with E-state index in [4.69, 9.17) is 5.11 Å². The molecule has 1 aliphatic carbocycles. The van der Waals surface area contributed by atoms with Crippen molar-refractivity contribution in [1.82, 2.24) is 0 Å². The Balaban J connectivity index is 2.74. The van der Waals surface area contributed by atoms with Crippen LogP contribution >= 0.6 is 0 Å². The zero-order chi connectivity index (χ0) is 8.48. The van der Waals surface area contributed by atoms with Crippen LogP contribution in [-0.4, -0.2) is 17.4 Å². The van der Waals surface area contributed by atoms with Gasteiger partial charge in [-0.25, -0.2) is 0 Å². The molecule has 1 N–H and O–H groups in total. The fourth-order valence-electron chi connectivity index (χ4n) is 0.898. The SMILES string of the molecule is OC1C=CC=C[C@H]1C(F)(F)F. The average Bonchev–Trinajstić information content (AvgIpc) is 1.86. The first-order chi connectivity index (χ1) is 5.02. The normalized spacial score (nSPS) is 30.9. The van der Waals surface area contributed by atoms with Gasteiger partial charge in [0.1, 0.15) is 5.92 Å². The van der Waals surface area contributed by atoms with Gasteiger partial charge in [0.25, 0.3) is 0 Å². The van der Waals surface area contributed by atoms with Crippen molar-refractivity contribution in [3.8, 4) is 0 Å². The van der Waals surface area contributed by atoms with E-state index in [1.165, 1.54) is 12.2 Å². The number of aliphatic hydroxyl groups excluding tert-OH is 1. The number of allylic oxidation sites excluding steroid dienone is 2. The molecule has 0 saturated heterocycles. The summed E-state index contributed by atoms with van der Waals surface area (Å²) < 4.78 is 35.8. The molecular formula is C7H7F3O. The van der Waals surface area contributed by atoms with Crippen LogP contribution in [0.1, 0.15) is 0 Å². The molecule has 0 fully saturated rings. The van der Waals surface area contributed by atoms with Gasteiger partial charge in [-0.1, -0.05) is 24.3 Å². The summed E-state index contributed by atoms with van der Waals surface area (Å²) in [4.78, 5) is 0. The lowest BCUT2D eigenvalue weighted by Crippen LogP contribution is -2.32. The van der Waals surface area contributed by atoms with E-state index < -0.39 is 18.2 Å². The van der Waals surface area contributed by atoms with Gasteiger partial charge in [-0.05, 0) is 0 Å². The highest BCUT2D eigenvalue weighted by molar-refractivity contribution is 5.16. The van der Waals surface area contributed by atoms with Gasteiger partial charge in [0, 0.05) is 0 Å². The highest BCUT2D eigenvalue weighted by atomic mass is 19.4. The minimum absolute atomic E-state index is 0.949. The van der Waals surface area contributed by atoms with Crippen LogP contribution in [0.25, 0.3) is 0 Å². The summed E-state index contributed by atoms with van der Waals surface area (Å²) in [6.07, 6.45) is -1.03. The predicted octanol–water partition coefficient (Wildman–Crippen LogP) is 1.65. The van der Waals surface area contributed by atoms with Crippen LogP contribution in [0.4, 0.5) is 13.2 Å². The van der Waals surface area contributed by atoms with Crippen molar-refractivity contribution in [3.05, 3.63) is 24.3 Å². The Morgan fingerprint density at radius 1 is 1.09 bits per heavy atom. The van der Waals surface area contributed by atoms with E-state index in [-0.39, 0.29) is 0 Å². The molecule has 0 aromatic carbocycles. The molecule has 0 radical (unpaired) electrons. The van der Waals surface area contributed by atoms with Crippen LogP contribution < -0.4 is 0 Å². The number of aliphatic hydroxyl groups is 1. The largest absolute Gasteiger partial charge is 0.397 e. The third-order valence-corrected chi connectivity index (χ3v) is 1.48. The van der Waals surface area contributed by atoms with Gasteiger partial charge >= 0.3 is 6.18 Å². The summed E-state index contributed by atoms with van der Waals surface area (Å²) in [7, 11) is 0. The zero-order valence-corrected chi connectivity index (χ0v) is 5.55. The highest BCUT2D eigenvalue weighted by Gasteiger charge is 2.42. The molecule has 4 heteroatoms. The first-order valence-corrected chi connectivity index (χ1v) is 3.11. The summed E-state index contributed by atoms with van der Waals surface area (Å²) in [5.41, 5.74) is 0. The first kappa shape index (κ1) is 8.33. The van der Waals surface area contributed by atoms with E-state index in [0.29, 0.717) is 0 Å². The summed E-state index contributed by atoms with van der Waals surface area (Å²) in [6.45, 7) is 0. The molecule has 1 aliphatic rings. The van der Waals surface area contributed by atoms with E-state index in [0.717, 1.165) is 12.2 Å². The van der Waals surface area contributed by atoms with Gasteiger partial charge < -0.3 is 5.11 Å². The third-order valence-electron chi connectivity index (χ3n) is 1.48. The molecule has 0 aromatic rings. The van der Waals surface area contributed by atoms with Crippen LogP contribution in [0.2, 0.25) is 0 Å². The van der Waals surface area contributed by atoms with Gasteiger partial charge in [0.15, 0.2) is 0 Å². The van der Waals surface area contributed by atoms with Crippen LogP contribution in [0.3, 0.4) is 0 Å². The molecule has 1 nitrogen and oxygen atoms in total. The van der Waals surface area contributed by atoms with Crippen molar-refractivity contribution in [3.63, 3.8) is 0 Å². The molecule has 0 spiro atoms. The quantitative estimate of drug-likeness (QED) is 0.577. The molecule has 11 heavy (non-hydrogen) atoms. The van der Waals surface area contributed by atoms with Crippen LogP contribution in [0.15, 0.2) is 24.3 Å². The number of alkyl halides is 3. The van der Waals surface area contributed by atoms with Crippen molar-refractivity contribution in [2.75, 3.05) is 0 Å². The highest BCUT2D eigenvalue weighted by Crippen LogP contribution is 2.31. The van der Waals surface area contributed by atoms with E-state index in [1.807, 2.05) is 0 Å². The Labute approximate surface area is 61.8 Å². The molecule has 0 heterocycles. The maximum atomic E-state index is 11.9. The lowest BCUT2D eigenvalue weighted by molar-refractivity contribution is -0.178. The Morgan fingerprint density at radius 2 is 1.64 bits per heavy atom. The predicted molar refractivity (Wildman–Crippen MR) is 33.8 cm³/mol. The van der Waals surface area contributed by atoms with E-state index in [9.17, 15) is 13.2 Å². The Bertz CT molecular complexity index is 192. The van der Waals surface area contributed by atoms with Crippen molar-refractivity contribution >= 4 is 0 Å². The first-order valence-electron chi connectivity index (χ1n) is 3.11. The Morgan fingerprint density at radius 3 is 2.00 bits per heavy atom. The van der Waals surface area contributed by atoms with Crippen molar-refractivity contribution in [2.45, 2.75) is 12.3 Å². The lowest BCUT2D eigenvalue weighted by atomic mass is 9.97. The number of rotatable bonds is 0. The fraction of sp³-hybridized carbons (Fsp3) is 0.429. The van der Waals surface area contributed by atoms with Crippen molar-refractivity contribution in [1.29, 1.82) is 0 Å². The summed E-state index contributed by atoms with van der Waals surface area (Å²) in [5, 5.41) is 8.85. The zero-order valence-electron chi connectivity index (χ0n) is 5.55. The molecular weight excluding hydrogens is 157 g/mol. The van der Waals surface area contributed by atoms with E-state index in [1.54, 1.807) is 0 Å². The van der Waals surface area contributed by atoms with E-state index in [2.05, 4.69) is 0 Å². The molecule has 1 rings (SSSR count). The monoisotopic (exact) mass is 164 g/mol. The number of halogens is 3. The third kappa shape index (κ3) is 1.83. The van der Waals surface area contributed by atoms with Crippen molar-refractivity contribution < 1.29 is 18.3 Å². The van der Waals surface area contributed by atoms with Crippen LogP contribution in [0.5, 0.6) is 0 Å². The topological polar surface area (TPSA) is 20.2 Å². The van der Waals surface area contributed by atoms with Gasteiger partial charge in [-0.3, -0.25) is 0 Å². The molecule has 62 valence electrons. The van der Waals surface area contributed by atoms with Crippen LogP contribution in [-0.2, 0) is 0 Å². The second-order valence-corrected chi connectivity index (χ2v) is 2.33. The molecule has 0 aromatic heterocycles. The second-order valence-electron chi connectivity index (χ2n) is 2.33. The smallest absolute Gasteiger partial charge is 0.388 e. The van der Waals surface area contributed by atoms with Gasteiger partial charge in [0.2, 0.25) is 0 Å². The van der Waals surface area contributed by atoms with E-state index >= 15 is 0 Å². The molecule has 0 saturated carbocycles. The molecule has 0 amide bonds. The Kier molecular flexibility index (Phi) is 2.04. The standard InChI is InChI=1S/C7H7F3O/c8-7(9,10)5-3-1-2-4-6(5)11/h1-6,11H/t5-,6?/m1/s1. The van der Waals surface area contributed by atoms with Gasteiger partial charge in [0.05, 0.1) is 6.10 Å². The fourth-order valence-corrected chi connectivity index (χ4v) is 0.898. The minimum atomic E-state index is -4.35. The molecule has 0 aliphatic heterocycles. The number of hydrogen-bond acceptors (Lipinski definition) is 1. The molecule has 0 bridgehead atoms. The maximum absolute atomic E-state index is 11.9. The summed E-state index contributed by atoms with van der Waals surface area (Å²) in [6, 6.07) is 0. The lowest BCUT2D eigenvalue weighted by Gasteiger charge is -2.21. The summed E-state index contributed by atoms with van der Waals surface area (Å²) in [5.74, 6) is -1.74. The molecule has 1 unspecified atom stereocenters. The van der Waals surface area contributed by atoms with Crippen LogP contribution in [0, 0.1) is 5.92 Å². The van der Waals surface area contributed by atoms with Gasteiger partial charge in [-0.2, -0.15) is 13.2 Å². The molecule has 2 atom stereocenters. The second kappa shape index (κ2) is 2.70. The summed E-state index contributed by atoms with van der Waals surface area (Å²) >= 11 is 0. The average molecular weight is 164 g/mol.